The molecule has 0 aromatic heterocycles. The molecule has 29 heavy (non-hydrogen) atoms. The number of rotatable bonds is 7. The predicted octanol–water partition coefficient (Wildman–Crippen LogP) is 4.75. The maximum atomic E-state index is 12.3. The summed E-state index contributed by atoms with van der Waals surface area (Å²) in [6.07, 6.45) is 0. The van der Waals surface area contributed by atoms with E-state index in [4.69, 9.17) is 4.74 Å². The van der Waals surface area contributed by atoms with Crippen LogP contribution in [-0.4, -0.2) is 32.1 Å². The van der Waals surface area contributed by atoms with Crippen LogP contribution in [0, 0.1) is 0 Å². The third-order valence-electron chi connectivity index (χ3n) is 4.57. The van der Waals surface area contributed by atoms with Gasteiger partial charge in [-0.15, -0.1) is 0 Å². The van der Waals surface area contributed by atoms with Crippen LogP contribution < -0.4 is 15.4 Å². The number of carbonyl (C=O) groups is 1. The van der Waals surface area contributed by atoms with Crippen molar-refractivity contribution in [1.29, 1.82) is 0 Å². The van der Waals surface area contributed by atoms with E-state index in [1.54, 1.807) is 7.11 Å². The van der Waals surface area contributed by atoms with Crippen molar-refractivity contribution < 1.29 is 9.53 Å². The highest BCUT2D eigenvalue weighted by Gasteiger charge is 2.07. The average molecular weight is 389 g/mol. The minimum atomic E-state index is -0.244. The number of nitrogens with zero attached hydrogens (tertiary/aromatic N) is 1. The average Bonchev–Trinajstić information content (AvgIpc) is 2.73. The highest BCUT2D eigenvalue weighted by molar-refractivity contribution is 5.89. The van der Waals surface area contributed by atoms with Gasteiger partial charge in [0.25, 0.3) is 0 Å². The van der Waals surface area contributed by atoms with Crippen LogP contribution in [-0.2, 0) is 13.1 Å². The SMILES string of the molecule is COc1ccc(NC(=O)NCc2ccccc2-c2ccc(CN(C)C)cc2)cc1. The molecule has 0 aliphatic heterocycles. The van der Waals surface area contributed by atoms with Gasteiger partial charge in [-0.05, 0) is 60.6 Å². The van der Waals surface area contributed by atoms with E-state index in [1.807, 2.05) is 42.5 Å². The van der Waals surface area contributed by atoms with Gasteiger partial charge < -0.3 is 20.3 Å². The Kier molecular flexibility index (Phi) is 6.87. The molecule has 0 aliphatic carbocycles. The van der Waals surface area contributed by atoms with Gasteiger partial charge in [-0.3, -0.25) is 0 Å². The number of urea groups is 1. The van der Waals surface area contributed by atoms with Gasteiger partial charge in [0.15, 0.2) is 0 Å². The summed E-state index contributed by atoms with van der Waals surface area (Å²) in [7, 11) is 5.74. The number of methoxy groups -OCH3 is 1. The topological polar surface area (TPSA) is 53.6 Å². The number of ether oxygens (including phenoxy) is 1. The van der Waals surface area contributed by atoms with Crippen LogP contribution in [0.4, 0.5) is 10.5 Å². The molecule has 0 saturated heterocycles. The first-order chi connectivity index (χ1) is 14.0. The number of benzene rings is 3. The third-order valence-corrected chi connectivity index (χ3v) is 4.57. The fourth-order valence-electron chi connectivity index (χ4n) is 3.14. The molecular weight excluding hydrogens is 362 g/mol. The van der Waals surface area contributed by atoms with Crippen LogP contribution in [0.1, 0.15) is 11.1 Å². The fourth-order valence-corrected chi connectivity index (χ4v) is 3.14. The van der Waals surface area contributed by atoms with E-state index in [0.29, 0.717) is 12.2 Å². The van der Waals surface area contributed by atoms with E-state index >= 15 is 0 Å². The molecule has 0 bridgehead atoms. The molecule has 0 spiro atoms. The Morgan fingerprint density at radius 3 is 2.28 bits per heavy atom. The number of amides is 2. The minimum absolute atomic E-state index is 0.244. The second-order valence-electron chi connectivity index (χ2n) is 7.13. The molecule has 0 atom stereocenters. The Balaban J connectivity index is 1.65. The molecule has 150 valence electrons. The van der Waals surface area contributed by atoms with Gasteiger partial charge in [0.2, 0.25) is 0 Å². The Morgan fingerprint density at radius 2 is 1.62 bits per heavy atom. The second kappa shape index (κ2) is 9.75. The monoisotopic (exact) mass is 389 g/mol. The van der Waals surface area contributed by atoms with E-state index in [0.717, 1.165) is 29.0 Å². The number of anilines is 1. The lowest BCUT2D eigenvalue weighted by Gasteiger charge is -2.13. The van der Waals surface area contributed by atoms with Gasteiger partial charge in [-0.1, -0.05) is 48.5 Å². The maximum absolute atomic E-state index is 12.3. The molecule has 3 rings (SSSR count). The van der Waals surface area contributed by atoms with E-state index in [9.17, 15) is 4.79 Å². The van der Waals surface area contributed by atoms with Crippen LogP contribution >= 0.6 is 0 Å². The molecule has 0 unspecified atom stereocenters. The fraction of sp³-hybridized carbons (Fsp3) is 0.208. The number of carbonyl (C=O) groups excluding carboxylic acids is 1. The Hall–Kier alpha value is -3.31. The molecule has 0 fully saturated rings. The molecule has 2 amide bonds. The van der Waals surface area contributed by atoms with Gasteiger partial charge in [0, 0.05) is 18.8 Å². The van der Waals surface area contributed by atoms with Crippen LogP contribution in [0.3, 0.4) is 0 Å². The highest BCUT2D eigenvalue weighted by atomic mass is 16.5. The van der Waals surface area contributed by atoms with Crippen molar-refractivity contribution in [2.75, 3.05) is 26.5 Å². The standard InChI is InChI=1S/C24H27N3O2/c1-27(2)17-18-8-10-19(11-9-18)23-7-5-4-6-20(23)16-25-24(28)26-21-12-14-22(29-3)15-13-21/h4-15H,16-17H2,1-3H3,(H2,25,26,28). The van der Waals surface area contributed by atoms with Crippen LogP contribution in [0.2, 0.25) is 0 Å². The molecule has 3 aromatic rings. The summed E-state index contributed by atoms with van der Waals surface area (Å²) in [5.41, 5.74) is 5.31. The lowest BCUT2D eigenvalue weighted by molar-refractivity contribution is 0.252. The highest BCUT2D eigenvalue weighted by Crippen LogP contribution is 2.24. The Morgan fingerprint density at radius 1 is 0.931 bits per heavy atom. The Bertz CT molecular complexity index is 935. The number of nitrogens with one attached hydrogen (secondary N) is 2. The van der Waals surface area contributed by atoms with Crippen LogP contribution in [0.25, 0.3) is 11.1 Å². The van der Waals surface area contributed by atoms with Gasteiger partial charge in [0.05, 0.1) is 7.11 Å². The quantitative estimate of drug-likeness (QED) is 0.613. The van der Waals surface area contributed by atoms with E-state index in [-0.39, 0.29) is 6.03 Å². The lowest BCUT2D eigenvalue weighted by Crippen LogP contribution is -2.28. The smallest absolute Gasteiger partial charge is 0.319 e. The van der Waals surface area contributed by atoms with Gasteiger partial charge >= 0.3 is 6.03 Å². The summed E-state index contributed by atoms with van der Waals surface area (Å²) in [6, 6.07) is 23.7. The van der Waals surface area contributed by atoms with Crippen molar-refractivity contribution in [1.82, 2.24) is 10.2 Å². The maximum Gasteiger partial charge on any atom is 0.319 e. The summed E-state index contributed by atoms with van der Waals surface area (Å²) < 4.78 is 5.13. The largest absolute Gasteiger partial charge is 0.497 e. The van der Waals surface area contributed by atoms with E-state index in [2.05, 4.69) is 60.0 Å². The summed E-state index contributed by atoms with van der Waals surface area (Å²) in [6.45, 7) is 1.35. The minimum Gasteiger partial charge on any atom is -0.497 e. The van der Waals surface area contributed by atoms with Crippen molar-refractivity contribution in [3.63, 3.8) is 0 Å². The summed E-state index contributed by atoms with van der Waals surface area (Å²) >= 11 is 0. The predicted molar refractivity (Wildman–Crippen MR) is 118 cm³/mol. The molecule has 0 radical (unpaired) electrons. The lowest BCUT2D eigenvalue weighted by atomic mass is 9.98. The Labute approximate surface area is 172 Å². The van der Waals surface area contributed by atoms with Crippen molar-refractivity contribution >= 4 is 11.7 Å². The number of hydrogen-bond acceptors (Lipinski definition) is 3. The summed E-state index contributed by atoms with van der Waals surface area (Å²) in [4.78, 5) is 14.4. The zero-order valence-electron chi connectivity index (χ0n) is 17.1. The first kappa shape index (κ1) is 20.4. The van der Waals surface area contributed by atoms with Gasteiger partial charge in [0.1, 0.15) is 5.75 Å². The van der Waals surface area contributed by atoms with Crippen LogP contribution in [0.5, 0.6) is 5.75 Å². The van der Waals surface area contributed by atoms with Crippen molar-refractivity contribution in [2.45, 2.75) is 13.1 Å². The molecule has 2 N–H and O–H groups in total. The first-order valence-corrected chi connectivity index (χ1v) is 9.56. The normalized spacial score (nSPS) is 10.6. The molecule has 3 aromatic carbocycles. The molecular formula is C24H27N3O2. The third kappa shape index (κ3) is 5.83. The first-order valence-electron chi connectivity index (χ1n) is 9.56. The molecule has 0 aliphatic rings. The summed E-state index contributed by atoms with van der Waals surface area (Å²) in [5, 5.41) is 5.77. The molecule has 5 nitrogen and oxygen atoms in total. The van der Waals surface area contributed by atoms with Crippen molar-refractivity contribution in [2.24, 2.45) is 0 Å². The van der Waals surface area contributed by atoms with E-state index in [1.165, 1.54) is 5.56 Å². The molecule has 5 heteroatoms. The van der Waals surface area contributed by atoms with Crippen molar-refractivity contribution in [3.05, 3.63) is 83.9 Å². The number of hydrogen-bond donors (Lipinski definition) is 2. The summed E-state index contributed by atoms with van der Waals surface area (Å²) in [5.74, 6) is 0.751. The zero-order valence-corrected chi connectivity index (χ0v) is 17.1. The van der Waals surface area contributed by atoms with E-state index < -0.39 is 0 Å². The molecule has 0 saturated carbocycles. The molecule has 0 heterocycles. The van der Waals surface area contributed by atoms with Crippen LogP contribution in [0.15, 0.2) is 72.8 Å². The van der Waals surface area contributed by atoms with Crippen molar-refractivity contribution in [3.8, 4) is 16.9 Å². The second-order valence-corrected chi connectivity index (χ2v) is 7.13. The zero-order chi connectivity index (χ0) is 20.6. The van der Waals surface area contributed by atoms with Gasteiger partial charge in [-0.2, -0.15) is 0 Å². The van der Waals surface area contributed by atoms with Gasteiger partial charge in [-0.25, -0.2) is 4.79 Å².